The Labute approximate surface area is 128 Å². The topological polar surface area (TPSA) is 50.7 Å². The Bertz CT molecular complexity index is 878. The highest BCUT2D eigenvalue weighted by molar-refractivity contribution is 7.71. The molecular formula is C14H12F3N3OS. The first-order chi connectivity index (χ1) is 10.3. The van der Waals surface area contributed by atoms with Gasteiger partial charge in [-0.05, 0) is 31.1 Å². The SMILES string of the molecule is C=CCn1c(=S)[nH]c(=O)c2c(C(F)(F)F)cc(C3CC3)nc21. The Hall–Kier alpha value is -1.96. The smallest absolute Gasteiger partial charge is 0.299 e. The molecule has 4 nitrogen and oxygen atoms in total. The van der Waals surface area contributed by atoms with Crippen LogP contribution in [-0.4, -0.2) is 14.5 Å². The number of H-pyrrole nitrogens is 1. The van der Waals surface area contributed by atoms with Gasteiger partial charge in [-0.1, -0.05) is 6.08 Å². The molecule has 1 aliphatic carbocycles. The molecule has 2 aromatic rings. The number of alkyl halides is 3. The molecule has 0 amide bonds. The zero-order chi connectivity index (χ0) is 16.1. The number of halogens is 3. The van der Waals surface area contributed by atoms with E-state index in [-0.39, 0.29) is 22.9 Å². The zero-order valence-electron chi connectivity index (χ0n) is 11.4. The van der Waals surface area contributed by atoms with Crippen LogP contribution in [0.2, 0.25) is 0 Å². The van der Waals surface area contributed by atoms with E-state index in [0.29, 0.717) is 5.69 Å². The van der Waals surface area contributed by atoms with Crippen molar-refractivity contribution in [3.63, 3.8) is 0 Å². The van der Waals surface area contributed by atoms with Gasteiger partial charge >= 0.3 is 6.18 Å². The monoisotopic (exact) mass is 327 g/mol. The summed E-state index contributed by atoms with van der Waals surface area (Å²) in [6.07, 6.45) is -1.53. The van der Waals surface area contributed by atoms with Crippen LogP contribution in [0.25, 0.3) is 11.0 Å². The van der Waals surface area contributed by atoms with E-state index in [1.807, 2.05) is 0 Å². The number of nitrogens with one attached hydrogen (secondary N) is 1. The van der Waals surface area contributed by atoms with Crippen molar-refractivity contribution in [1.82, 2.24) is 14.5 Å². The Morgan fingerprint density at radius 3 is 2.73 bits per heavy atom. The van der Waals surface area contributed by atoms with E-state index >= 15 is 0 Å². The Morgan fingerprint density at radius 2 is 2.18 bits per heavy atom. The van der Waals surface area contributed by atoms with Crippen molar-refractivity contribution < 1.29 is 13.2 Å². The number of aromatic nitrogens is 3. The average molecular weight is 327 g/mol. The Balaban J connectivity index is 2.48. The summed E-state index contributed by atoms with van der Waals surface area (Å²) in [7, 11) is 0. The first-order valence-corrected chi connectivity index (χ1v) is 7.09. The van der Waals surface area contributed by atoms with E-state index in [4.69, 9.17) is 12.2 Å². The summed E-state index contributed by atoms with van der Waals surface area (Å²) in [4.78, 5) is 18.6. The van der Waals surface area contributed by atoms with E-state index < -0.39 is 22.7 Å². The fourth-order valence-electron chi connectivity index (χ4n) is 2.40. The van der Waals surface area contributed by atoms with Gasteiger partial charge in [0.25, 0.3) is 5.56 Å². The number of nitrogens with zero attached hydrogens (tertiary/aromatic N) is 2. The summed E-state index contributed by atoms with van der Waals surface area (Å²) >= 11 is 5.03. The third-order valence-electron chi connectivity index (χ3n) is 3.58. The largest absolute Gasteiger partial charge is 0.417 e. The van der Waals surface area contributed by atoms with E-state index in [1.54, 1.807) is 0 Å². The third kappa shape index (κ3) is 2.47. The van der Waals surface area contributed by atoms with Crippen LogP contribution in [0.15, 0.2) is 23.5 Å². The average Bonchev–Trinajstić information content (AvgIpc) is 3.25. The molecule has 2 aromatic heterocycles. The molecule has 116 valence electrons. The second-order valence-electron chi connectivity index (χ2n) is 5.22. The molecule has 0 bridgehead atoms. The van der Waals surface area contributed by atoms with Crippen LogP contribution in [0.5, 0.6) is 0 Å². The zero-order valence-corrected chi connectivity index (χ0v) is 12.2. The highest BCUT2D eigenvalue weighted by Gasteiger charge is 2.37. The minimum Gasteiger partial charge on any atom is -0.299 e. The Morgan fingerprint density at radius 1 is 1.50 bits per heavy atom. The number of allylic oxidation sites excluding steroid dienone is 1. The van der Waals surface area contributed by atoms with Crippen LogP contribution in [0.1, 0.15) is 30.0 Å². The normalized spacial score (nSPS) is 15.2. The lowest BCUT2D eigenvalue weighted by Crippen LogP contribution is -2.21. The van der Waals surface area contributed by atoms with E-state index in [1.165, 1.54) is 10.6 Å². The molecule has 1 saturated carbocycles. The van der Waals surface area contributed by atoms with Gasteiger partial charge < -0.3 is 0 Å². The first kappa shape index (κ1) is 15.0. The highest BCUT2D eigenvalue weighted by Crippen LogP contribution is 2.42. The molecule has 22 heavy (non-hydrogen) atoms. The van der Waals surface area contributed by atoms with Gasteiger partial charge in [0.1, 0.15) is 5.65 Å². The fourth-order valence-corrected chi connectivity index (χ4v) is 2.66. The number of pyridine rings is 1. The number of aromatic amines is 1. The van der Waals surface area contributed by atoms with Crippen LogP contribution in [0, 0.1) is 4.77 Å². The van der Waals surface area contributed by atoms with Gasteiger partial charge in [0.05, 0.1) is 10.9 Å². The summed E-state index contributed by atoms with van der Waals surface area (Å²) in [6, 6.07) is 0.983. The summed E-state index contributed by atoms with van der Waals surface area (Å²) in [6.45, 7) is 3.73. The second kappa shape index (κ2) is 5.05. The molecule has 2 heterocycles. The lowest BCUT2D eigenvalue weighted by atomic mass is 10.1. The van der Waals surface area contributed by atoms with E-state index in [9.17, 15) is 18.0 Å². The standard InChI is InChI=1S/C14H12F3N3OS/c1-2-5-20-11-10(12(21)19-13(20)22)8(14(15,16)17)6-9(18-11)7-3-4-7/h2,6-7H,1,3-5H2,(H,19,21,22). The van der Waals surface area contributed by atoms with Crippen LogP contribution >= 0.6 is 12.2 Å². The molecule has 0 atom stereocenters. The quantitative estimate of drug-likeness (QED) is 0.693. The van der Waals surface area contributed by atoms with Gasteiger partial charge in [-0.15, -0.1) is 6.58 Å². The van der Waals surface area contributed by atoms with Crippen molar-refractivity contribution in [3.05, 3.63) is 45.1 Å². The molecule has 8 heteroatoms. The minimum atomic E-state index is -4.63. The first-order valence-electron chi connectivity index (χ1n) is 6.68. The molecular weight excluding hydrogens is 315 g/mol. The van der Waals surface area contributed by atoms with Gasteiger partial charge in [-0.2, -0.15) is 13.2 Å². The van der Waals surface area contributed by atoms with Gasteiger partial charge in [0, 0.05) is 18.2 Å². The summed E-state index contributed by atoms with van der Waals surface area (Å²) in [5.41, 5.74) is -1.51. The summed E-state index contributed by atoms with van der Waals surface area (Å²) in [5, 5.41) is -0.479. The lowest BCUT2D eigenvalue weighted by molar-refractivity contribution is -0.136. The van der Waals surface area contributed by atoms with Gasteiger partial charge in [0.15, 0.2) is 4.77 Å². The van der Waals surface area contributed by atoms with E-state index in [2.05, 4.69) is 16.5 Å². The third-order valence-corrected chi connectivity index (χ3v) is 3.90. The predicted molar refractivity (Wildman–Crippen MR) is 78.4 cm³/mol. The molecule has 3 rings (SSSR count). The van der Waals surface area contributed by atoms with Gasteiger partial charge in [-0.3, -0.25) is 14.3 Å². The molecule has 0 unspecified atom stereocenters. The van der Waals surface area contributed by atoms with Crippen LogP contribution in [-0.2, 0) is 12.7 Å². The fraction of sp³-hybridized carbons (Fsp3) is 0.357. The number of fused-ring (bicyclic) bond motifs is 1. The molecule has 0 saturated heterocycles. The molecule has 1 N–H and O–H groups in total. The predicted octanol–water partition coefficient (Wildman–Crippen LogP) is 3.54. The minimum absolute atomic E-state index is 0.0236. The van der Waals surface area contributed by atoms with Crippen molar-refractivity contribution in [2.24, 2.45) is 0 Å². The molecule has 1 fully saturated rings. The molecule has 0 spiro atoms. The van der Waals surface area contributed by atoms with Crippen molar-refractivity contribution in [2.45, 2.75) is 31.5 Å². The number of hydrogen-bond acceptors (Lipinski definition) is 3. The van der Waals surface area contributed by atoms with Crippen molar-refractivity contribution in [1.29, 1.82) is 0 Å². The maximum absolute atomic E-state index is 13.3. The maximum Gasteiger partial charge on any atom is 0.417 e. The van der Waals surface area contributed by atoms with Crippen LogP contribution in [0.3, 0.4) is 0 Å². The number of hydrogen-bond donors (Lipinski definition) is 1. The lowest BCUT2D eigenvalue weighted by Gasteiger charge is -2.15. The van der Waals surface area contributed by atoms with Gasteiger partial charge in [-0.25, -0.2) is 4.98 Å². The van der Waals surface area contributed by atoms with Crippen LogP contribution < -0.4 is 5.56 Å². The molecule has 0 aromatic carbocycles. The number of rotatable bonds is 3. The van der Waals surface area contributed by atoms with E-state index in [0.717, 1.165) is 18.9 Å². The summed E-state index contributed by atoms with van der Waals surface area (Å²) < 4.78 is 41.4. The molecule has 0 radical (unpaired) electrons. The highest BCUT2D eigenvalue weighted by atomic mass is 32.1. The van der Waals surface area contributed by atoms with Gasteiger partial charge in [0.2, 0.25) is 0 Å². The van der Waals surface area contributed by atoms with Crippen molar-refractivity contribution in [3.8, 4) is 0 Å². The molecule has 1 aliphatic rings. The van der Waals surface area contributed by atoms with Crippen molar-refractivity contribution in [2.75, 3.05) is 0 Å². The van der Waals surface area contributed by atoms with Crippen LogP contribution in [0.4, 0.5) is 13.2 Å². The van der Waals surface area contributed by atoms with Crippen molar-refractivity contribution >= 4 is 23.3 Å². The maximum atomic E-state index is 13.3. The summed E-state index contributed by atoms with van der Waals surface area (Å²) in [5.74, 6) is 0.0236. The second-order valence-corrected chi connectivity index (χ2v) is 5.61. The Kier molecular flexibility index (Phi) is 3.43. The molecule has 0 aliphatic heterocycles.